The summed E-state index contributed by atoms with van der Waals surface area (Å²) in [5, 5.41) is 16.2. The number of amides is 3. The molecule has 2 atom stereocenters. The molecule has 0 aliphatic carbocycles. The van der Waals surface area contributed by atoms with Crippen molar-refractivity contribution in [3.05, 3.63) is 101 Å². The lowest BCUT2D eigenvalue weighted by Gasteiger charge is -2.35. The fraction of sp³-hybridized carbons (Fsp3) is 0.447. The molecule has 8 heteroatoms. The SMILES string of the molecule is CCCCCCCCN(C(=O)C(Cc1ccccc1)NC(=O)OC(C)(C)C)C(C(=O)NCc1ccccc1)c1ccc(O)c(C)c1. The number of aromatic hydroxyl groups is 1. The number of alkyl carbamates (subject to hydrolysis) is 1. The van der Waals surface area contributed by atoms with Crippen molar-refractivity contribution in [3.8, 4) is 5.75 Å². The fourth-order valence-electron chi connectivity index (χ4n) is 5.33. The Hall–Kier alpha value is -4.33. The van der Waals surface area contributed by atoms with Crippen LogP contribution in [0.15, 0.2) is 78.9 Å². The van der Waals surface area contributed by atoms with Crippen molar-refractivity contribution < 1.29 is 24.2 Å². The molecule has 248 valence electrons. The highest BCUT2D eigenvalue weighted by Crippen LogP contribution is 2.28. The van der Waals surface area contributed by atoms with Gasteiger partial charge in [0.05, 0.1) is 0 Å². The van der Waals surface area contributed by atoms with E-state index in [1.807, 2.05) is 60.7 Å². The number of hydrogen-bond donors (Lipinski definition) is 3. The van der Waals surface area contributed by atoms with Crippen molar-refractivity contribution >= 4 is 17.9 Å². The van der Waals surface area contributed by atoms with Gasteiger partial charge in [0.2, 0.25) is 11.8 Å². The first kappa shape index (κ1) is 36.1. The van der Waals surface area contributed by atoms with Gasteiger partial charge in [-0.05, 0) is 68.5 Å². The van der Waals surface area contributed by atoms with E-state index in [0.29, 0.717) is 24.1 Å². The van der Waals surface area contributed by atoms with E-state index in [1.54, 1.807) is 50.8 Å². The van der Waals surface area contributed by atoms with Crippen LogP contribution in [-0.4, -0.2) is 46.1 Å². The van der Waals surface area contributed by atoms with Crippen LogP contribution in [-0.2, 0) is 27.3 Å². The molecular formula is C38H51N3O5. The van der Waals surface area contributed by atoms with E-state index in [9.17, 15) is 19.5 Å². The van der Waals surface area contributed by atoms with Crippen molar-refractivity contribution in [1.29, 1.82) is 0 Å². The number of benzene rings is 3. The molecule has 3 rings (SSSR count). The lowest BCUT2D eigenvalue weighted by Crippen LogP contribution is -2.54. The molecule has 0 aromatic heterocycles. The molecule has 0 bridgehead atoms. The van der Waals surface area contributed by atoms with Crippen molar-refractivity contribution in [2.24, 2.45) is 0 Å². The third-order valence-corrected chi connectivity index (χ3v) is 7.71. The number of phenolic OH excluding ortho intramolecular Hbond substituents is 1. The molecule has 0 fully saturated rings. The second-order valence-corrected chi connectivity index (χ2v) is 12.8. The maximum Gasteiger partial charge on any atom is 0.408 e. The van der Waals surface area contributed by atoms with Crippen molar-refractivity contribution in [2.45, 2.75) is 104 Å². The Labute approximate surface area is 274 Å². The first-order chi connectivity index (χ1) is 22.0. The highest BCUT2D eigenvalue weighted by Gasteiger charge is 2.36. The Morgan fingerprint density at radius 1 is 0.848 bits per heavy atom. The molecule has 3 N–H and O–H groups in total. The van der Waals surface area contributed by atoms with Gasteiger partial charge in [0, 0.05) is 19.5 Å². The molecular weight excluding hydrogens is 578 g/mol. The smallest absolute Gasteiger partial charge is 0.408 e. The molecule has 0 radical (unpaired) electrons. The molecule has 0 heterocycles. The molecule has 8 nitrogen and oxygen atoms in total. The molecule has 3 amide bonds. The summed E-state index contributed by atoms with van der Waals surface area (Å²) in [4.78, 5) is 43.5. The number of carbonyl (C=O) groups is 3. The number of rotatable bonds is 16. The lowest BCUT2D eigenvalue weighted by molar-refractivity contribution is -0.142. The fourth-order valence-corrected chi connectivity index (χ4v) is 5.33. The van der Waals surface area contributed by atoms with Crippen LogP contribution < -0.4 is 10.6 Å². The summed E-state index contributed by atoms with van der Waals surface area (Å²) < 4.78 is 5.55. The minimum atomic E-state index is -0.995. The molecule has 0 saturated heterocycles. The van der Waals surface area contributed by atoms with Crippen LogP contribution in [0.3, 0.4) is 0 Å². The molecule has 46 heavy (non-hydrogen) atoms. The van der Waals surface area contributed by atoms with Crippen molar-refractivity contribution in [2.75, 3.05) is 6.54 Å². The number of nitrogens with zero attached hydrogens (tertiary/aromatic N) is 1. The second-order valence-electron chi connectivity index (χ2n) is 12.8. The molecule has 0 aliphatic heterocycles. The van der Waals surface area contributed by atoms with E-state index >= 15 is 0 Å². The van der Waals surface area contributed by atoms with E-state index in [2.05, 4.69) is 17.6 Å². The zero-order valence-corrected chi connectivity index (χ0v) is 28.1. The van der Waals surface area contributed by atoms with Gasteiger partial charge in [-0.1, -0.05) is 106 Å². The van der Waals surface area contributed by atoms with Crippen LogP contribution in [0.25, 0.3) is 0 Å². The highest BCUT2D eigenvalue weighted by atomic mass is 16.6. The molecule has 3 aromatic carbocycles. The van der Waals surface area contributed by atoms with Crippen LogP contribution in [0.2, 0.25) is 0 Å². The van der Waals surface area contributed by atoms with E-state index in [0.717, 1.165) is 43.2 Å². The Kier molecular flexibility index (Phi) is 14.1. The first-order valence-electron chi connectivity index (χ1n) is 16.4. The normalized spacial score (nSPS) is 12.5. The number of phenols is 1. The second kappa shape index (κ2) is 18.0. The van der Waals surface area contributed by atoms with E-state index < -0.39 is 23.8 Å². The van der Waals surface area contributed by atoms with Gasteiger partial charge in [0.25, 0.3) is 0 Å². The lowest BCUT2D eigenvalue weighted by atomic mass is 9.98. The maximum absolute atomic E-state index is 14.7. The summed E-state index contributed by atoms with van der Waals surface area (Å²) >= 11 is 0. The average Bonchev–Trinajstić information content (AvgIpc) is 3.02. The summed E-state index contributed by atoms with van der Waals surface area (Å²) in [6.45, 7) is 9.85. The summed E-state index contributed by atoms with van der Waals surface area (Å²) in [5.41, 5.74) is 2.21. The zero-order valence-electron chi connectivity index (χ0n) is 28.1. The highest BCUT2D eigenvalue weighted by molar-refractivity contribution is 5.92. The molecule has 0 spiro atoms. The predicted octanol–water partition coefficient (Wildman–Crippen LogP) is 7.38. The Bertz CT molecular complexity index is 1390. The Morgan fingerprint density at radius 2 is 1.46 bits per heavy atom. The quantitative estimate of drug-likeness (QED) is 0.143. The summed E-state index contributed by atoms with van der Waals surface area (Å²) in [7, 11) is 0. The van der Waals surface area contributed by atoms with Crippen LogP contribution in [0.1, 0.15) is 94.5 Å². The maximum atomic E-state index is 14.7. The monoisotopic (exact) mass is 629 g/mol. The third kappa shape index (κ3) is 11.9. The van der Waals surface area contributed by atoms with Gasteiger partial charge in [-0.25, -0.2) is 4.79 Å². The topological polar surface area (TPSA) is 108 Å². The predicted molar refractivity (Wildman–Crippen MR) is 182 cm³/mol. The van der Waals surface area contributed by atoms with Gasteiger partial charge >= 0.3 is 6.09 Å². The van der Waals surface area contributed by atoms with Gasteiger partial charge in [0.15, 0.2) is 0 Å². The van der Waals surface area contributed by atoms with Crippen LogP contribution in [0.4, 0.5) is 4.79 Å². The standard InChI is InChI=1S/C38H51N3O5/c1-6-7-8-9-10-17-24-41(36(44)32(26-29-18-13-11-14-19-29)40-37(45)46-38(3,4)5)34(31-22-23-33(42)28(2)25-31)35(43)39-27-30-20-15-12-16-21-30/h11-16,18-23,25,32,34,42H,6-10,17,24,26-27H2,1-5H3,(H,39,43)(H,40,45). The molecule has 0 aliphatic rings. The van der Waals surface area contributed by atoms with Crippen molar-refractivity contribution in [1.82, 2.24) is 15.5 Å². The largest absolute Gasteiger partial charge is 0.508 e. The summed E-state index contributed by atoms with van der Waals surface area (Å²) in [5.74, 6) is -0.618. The summed E-state index contributed by atoms with van der Waals surface area (Å²) in [6.07, 6.45) is 5.54. The number of aryl methyl sites for hydroxylation is 1. The zero-order chi connectivity index (χ0) is 33.5. The van der Waals surface area contributed by atoms with Crippen molar-refractivity contribution in [3.63, 3.8) is 0 Å². The van der Waals surface area contributed by atoms with Gasteiger partial charge in [-0.3, -0.25) is 9.59 Å². The number of ether oxygens (including phenoxy) is 1. The number of unbranched alkanes of at least 4 members (excludes halogenated alkanes) is 5. The first-order valence-corrected chi connectivity index (χ1v) is 16.4. The van der Waals surface area contributed by atoms with Crippen LogP contribution in [0, 0.1) is 6.92 Å². The van der Waals surface area contributed by atoms with E-state index in [1.165, 1.54) is 0 Å². The Morgan fingerprint density at radius 3 is 2.07 bits per heavy atom. The van der Waals surface area contributed by atoms with Gasteiger partial charge < -0.3 is 25.4 Å². The van der Waals surface area contributed by atoms with Gasteiger partial charge in [-0.2, -0.15) is 0 Å². The van der Waals surface area contributed by atoms with E-state index in [-0.39, 0.29) is 30.5 Å². The average molecular weight is 630 g/mol. The van der Waals surface area contributed by atoms with Gasteiger partial charge in [0.1, 0.15) is 23.4 Å². The van der Waals surface area contributed by atoms with Gasteiger partial charge in [-0.15, -0.1) is 0 Å². The molecule has 2 unspecified atom stereocenters. The number of carbonyl (C=O) groups excluding carboxylic acids is 3. The minimum absolute atomic E-state index is 0.106. The molecule has 0 saturated carbocycles. The number of nitrogens with one attached hydrogen (secondary N) is 2. The number of hydrogen-bond acceptors (Lipinski definition) is 5. The molecule has 3 aromatic rings. The third-order valence-electron chi connectivity index (χ3n) is 7.71. The van der Waals surface area contributed by atoms with Crippen LogP contribution >= 0.6 is 0 Å². The van der Waals surface area contributed by atoms with E-state index in [4.69, 9.17) is 4.74 Å². The Balaban J connectivity index is 2.02. The minimum Gasteiger partial charge on any atom is -0.508 e. The summed E-state index contributed by atoms with van der Waals surface area (Å²) in [6, 6.07) is 22.1. The van der Waals surface area contributed by atoms with Crippen LogP contribution in [0.5, 0.6) is 5.75 Å².